The Balaban J connectivity index is 3.80. The number of hydrogen-bond donors (Lipinski definition) is 1. The molecule has 1 atom stereocenters. The first kappa shape index (κ1) is 14.7. The van der Waals surface area contributed by atoms with Crippen LogP contribution in [0.25, 0.3) is 0 Å². The van der Waals surface area contributed by atoms with Crippen molar-refractivity contribution < 1.29 is 5.11 Å². The van der Waals surface area contributed by atoms with Gasteiger partial charge in [-0.25, -0.2) is 0 Å². The third-order valence-corrected chi connectivity index (χ3v) is 3.28. The molecule has 0 aliphatic carbocycles. The van der Waals surface area contributed by atoms with Gasteiger partial charge in [-0.3, -0.25) is 0 Å². The van der Waals surface area contributed by atoms with Crippen LogP contribution >= 0.6 is 0 Å². The minimum absolute atomic E-state index is 0.112. The van der Waals surface area contributed by atoms with Crippen molar-refractivity contribution in [3.63, 3.8) is 0 Å². The number of rotatable bonds is 8. The van der Waals surface area contributed by atoms with Gasteiger partial charge in [0.25, 0.3) is 0 Å². The predicted molar refractivity (Wildman–Crippen MR) is 68.0 cm³/mol. The quantitative estimate of drug-likeness (QED) is 0.594. The van der Waals surface area contributed by atoms with E-state index in [9.17, 15) is 5.11 Å². The van der Waals surface area contributed by atoms with Crippen LogP contribution in [0.1, 0.15) is 66.2 Å². The Morgan fingerprint density at radius 1 is 1.27 bits per heavy atom. The Labute approximate surface area is 95.6 Å². The molecule has 1 unspecified atom stereocenters. The molecular weight excluding hydrogens is 184 g/mol. The predicted octanol–water partition coefficient (Wildman–Crippen LogP) is 4.31. The van der Waals surface area contributed by atoms with Gasteiger partial charge >= 0.3 is 0 Å². The Morgan fingerprint density at radius 2 is 1.87 bits per heavy atom. The van der Waals surface area contributed by atoms with E-state index in [1.54, 1.807) is 0 Å². The molecule has 0 aromatic rings. The van der Waals surface area contributed by atoms with E-state index in [2.05, 4.69) is 27.4 Å². The summed E-state index contributed by atoms with van der Waals surface area (Å²) in [5.74, 6) is 0. The minimum atomic E-state index is -0.112. The lowest BCUT2D eigenvalue weighted by atomic mass is 9.81. The van der Waals surface area contributed by atoms with E-state index in [1.165, 1.54) is 12.0 Å². The molecule has 0 spiro atoms. The van der Waals surface area contributed by atoms with E-state index in [1.807, 2.05) is 6.92 Å². The van der Waals surface area contributed by atoms with Crippen LogP contribution in [0.2, 0.25) is 0 Å². The summed E-state index contributed by atoms with van der Waals surface area (Å²) in [4.78, 5) is 0. The summed E-state index contributed by atoms with van der Waals surface area (Å²) in [7, 11) is 0. The standard InChI is InChI=1S/C14H28O/c1-6-12(3)8-10-14(4,5)11-9-13(15)7-2/h13,15H,3,6-11H2,1-2,4-5H3. The minimum Gasteiger partial charge on any atom is -0.393 e. The zero-order valence-electron chi connectivity index (χ0n) is 11.0. The van der Waals surface area contributed by atoms with Crippen LogP contribution in [0.3, 0.4) is 0 Å². The number of allylic oxidation sites excluding steroid dienone is 1. The first-order valence-electron chi connectivity index (χ1n) is 6.26. The SMILES string of the molecule is C=C(CC)CCC(C)(C)CCC(O)CC. The summed E-state index contributed by atoms with van der Waals surface area (Å²) < 4.78 is 0. The molecule has 1 N–H and O–H groups in total. The lowest BCUT2D eigenvalue weighted by molar-refractivity contribution is 0.136. The van der Waals surface area contributed by atoms with Crippen LogP contribution in [0.5, 0.6) is 0 Å². The average Bonchev–Trinajstić information content (AvgIpc) is 2.22. The molecule has 0 aromatic carbocycles. The van der Waals surface area contributed by atoms with Crippen LogP contribution in [0, 0.1) is 5.41 Å². The largest absolute Gasteiger partial charge is 0.393 e. The van der Waals surface area contributed by atoms with Crippen LogP contribution < -0.4 is 0 Å². The number of hydrogen-bond acceptors (Lipinski definition) is 1. The molecule has 90 valence electrons. The number of aliphatic hydroxyl groups is 1. The second-order valence-corrected chi connectivity index (χ2v) is 5.37. The van der Waals surface area contributed by atoms with E-state index in [-0.39, 0.29) is 6.10 Å². The van der Waals surface area contributed by atoms with E-state index < -0.39 is 0 Å². The van der Waals surface area contributed by atoms with Crippen molar-refractivity contribution in [1.29, 1.82) is 0 Å². The highest BCUT2D eigenvalue weighted by Gasteiger charge is 2.18. The van der Waals surface area contributed by atoms with Crippen LogP contribution in [-0.4, -0.2) is 11.2 Å². The molecule has 0 fully saturated rings. The molecule has 0 aromatic heterocycles. The first-order valence-corrected chi connectivity index (χ1v) is 6.26. The van der Waals surface area contributed by atoms with Gasteiger partial charge in [-0.2, -0.15) is 0 Å². The molecule has 1 nitrogen and oxygen atoms in total. The Hall–Kier alpha value is -0.300. The molecule has 15 heavy (non-hydrogen) atoms. The maximum atomic E-state index is 9.53. The van der Waals surface area contributed by atoms with Gasteiger partial charge in [0.05, 0.1) is 6.10 Å². The lowest BCUT2D eigenvalue weighted by Crippen LogP contribution is -2.15. The average molecular weight is 212 g/mol. The van der Waals surface area contributed by atoms with E-state index >= 15 is 0 Å². The van der Waals surface area contributed by atoms with Crippen LogP contribution in [-0.2, 0) is 0 Å². The second kappa shape index (κ2) is 7.05. The summed E-state index contributed by atoms with van der Waals surface area (Å²) >= 11 is 0. The van der Waals surface area contributed by atoms with Crippen molar-refractivity contribution in [2.24, 2.45) is 5.41 Å². The third-order valence-electron chi connectivity index (χ3n) is 3.28. The molecule has 0 bridgehead atoms. The van der Waals surface area contributed by atoms with E-state index in [4.69, 9.17) is 0 Å². The first-order chi connectivity index (χ1) is 6.91. The molecule has 0 saturated heterocycles. The zero-order valence-corrected chi connectivity index (χ0v) is 11.0. The monoisotopic (exact) mass is 212 g/mol. The maximum absolute atomic E-state index is 9.53. The fraction of sp³-hybridized carbons (Fsp3) is 0.857. The van der Waals surface area contributed by atoms with E-state index in [0.29, 0.717) is 5.41 Å². The summed E-state index contributed by atoms with van der Waals surface area (Å²) in [5, 5.41) is 9.53. The van der Waals surface area contributed by atoms with Gasteiger partial charge in [-0.15, -0.1) is 0 Å². The third kappa shape index (κ3) is 7.61. The Kier molecular flexibility index (Phi) is 6.91. The van der Waals surface area contributed by atoms with Gasteiger partial charge in [0.15, 0.2) is 0 Å². The molecule has 0 saturated carbocycles. The van der Waals surface area contributed by atoms with Crippen molar-refractivity contribution in [2.75, 3.05) is 0 Å². The van der Waals surface area contributed by atoms with Gasteiger partial charge in [-0.05, 0) is 43.9 Å². The lowest BCUT2D eigenvalue weighted by Gasteiger charge is -2.26. The highest BCUT2D eigenvalue weighted by Crippen LogP contribution is 2.30. The molecule has 0 aliphatic heterocycles. The van der Waals surface area contributed by atoms with E-state index in [0.717, 1.165) is 32.1 Å². The summed E-state index contributed by atoms with van der Waals surface area (Å²) in [6.45, 7) is 12.8. The van der Waals surface area contributed by atoms with Crippen molar-refractivity contribution in [3.05, 3.63) is 12.2 Å². The normalized spacial score (nSPS) is 13.9. The van der Waals surface area contributed by atoms with Crippen molar-refractivity contribution in [2.45, 2.75) is 72.3 Å². The summed E-state index contributed by atoms with van der Waals surface area (Å²) in [6, 6.07) is 0. The maximum Gasteiger partial charge on any atom is 0.0537 e. The molecule has 0 rings (SSSR count). The molecule has 0 radical (unpaired) electrons. The molecule has 0 aliphatic rings. The molecule has 0 amide bonds. The van der Waals surface area contributed by atoms with Crippen molar-refractivity contribution >= 4 is 0 Å². The van der Waals surface area contributed by atoms with Gasteiger partial charge < -0.3 is 5.11 Å². The fourth-order valence-electron chi connectivity index (χ4n) is 1.58. The summed E-state index contributed by atoms with van der Waals surface area (Å²) in [6.07, 6.45) is 6.22. The zero-order chi connectivity index (χ0) is 11.9. The topological polar surface area (TPSA) is 20.2 Å². The second-order valence-electron chi connectivity index (χ2n) is 5.37. The van der Waals surface area contributed by atoms with Gasteiger partial charge in [0.2, 0.25) is 0 Å². The van der Waals surface area contributed by atoms with Crippen LogP contribution in [0.4, 0.5) is 0 Å². The highest BCUT2D eigenvalue weighted by atomic mass is 16.3. The smallest absolute Gasteiger partial charge is 0.0537 e. The fourth-order valence-corrected chi connectivity index (χ4v) is 1.58. The van der Waals surface area contributed by atoms with Crippen molar-refractivity contribution in [3.8, 4) is 0 Å². The van der Waals surface area contributed by atoms with Gasteiger partial charge in [0.1, 0.15) is 0 Å². The van der Waals surface area contributed by atoms with Gasteiger partial charge in [-0.1, -0.05) is 39.8 Å². The highest BCUT2D eigenvalue weighted by molar-refractivity contribution is 4.93. The summed E-state index contributed by atoms with van der Waals surface area (Å²) in [5.41, 5.74) is 1.69. The Morgan fingerprint density at radius 3 is 2.33 bits per heavy atom. The molecule has 0 heterocycles. The Bertz CT molecular complexity index is 182. The van der Waals surface area contributed by atoms with Gasteiger partial charge in [0, 0.05) is 0 Å². The molecular formula is C14H28O. The van der Waals surface area contributed by atoms with Crippen LogP contribution in [0.15, 0.2) is 12.2 Å². The molecule has 1 heteroatoms. The van der Waals surface area contributed by atoms with Crippen molar-refractivity contribution in [1.82, 2.24) is 0 Å². The number of aliphatic hydroxyl groups excluding tert-OH is 1.